The molecule has 1 N–H and O–H groups in total. The number of hydrogen-bond donors (Lipinski definition) is 1. The zero-order chi connectivity index (χ0) is 14.5. The van der Waals surface area contributed by atoms with E-state index in [1.165, 1.54) is 41.3 Å². The van der Waals surface area contributed by atoms with Gasteiger partial charge in [0.1, 0.15) is 5.82 Å². The fourth-order valence-electron chi connectivity index (χ4n) is 2.81. The van der Waals surface area contributed by atoms with Gasteiger partial charge in [-0.25, -0.2) is 4.98 Å². The van der Waals surface area contributed by atoms with Crippen LogP contribution in [0.2, 0.25) is 0 Å². The minimum atomic E-state index is 0.870. The molecule has 0 bridgehead atoms. The van der Waals surface area contributed by atoms with E-state index in [1.807, 2.05) is 0 Å². The second-order valence-corrected chi connectivity index (χ2v) is 5.61. The lowest BCUT2D eigenvalue weighted by Crippen LogP contribution is -1.93. The molecule has 2 nitrogen and oxygen atoms in total. The largest absolute Gasteiger partial charge is 0.348 e. The topological polar surface area (TPSA) is 28.7 Å². The third-order valence-corrected chi connectivity index (χ3v) is 3.96. The molecule has 3 aromatic rings. The number of fused-ring (bicyclic) bond motifs is 1. The summed E-state index contributed by atoms with van der Waals surface area (Å²) in [5, 5.41) is 2.62. The molecule has 2 aromatic carbocycles. The van der Waals surface area contributed by atoms with Gasteiger partial charge in [-0.3, -0.25) is 0 Å². The predicted octanol–water partition coefficient (Wildman–Crippen LogP) is 4.89. The molecule has 108 valence electrons. The number of aromatic amines is 1. The first kappa shape index (κ1) is 13.9. The number of hydrogen-bond acceptors (Lipinski definition) is 1. The fraction of sp³-hybridized carbons (Fsp3) is 0.316. The Morgan fingerprint density at radius 1 is 1.00 bits per heavy atom. The van der Waals surface area contributed by atoms with Crippen LogP contribution in [0.15, 0.2) is 48.7 Å². The van der Waals surface area contributed by atoms with Gasteiger partial charge in [0, 0.05) is 12.6 Å². The van der Waals surface area contributed by atoms with Crippen LogP contribution in [0.5, 0.6) is 0 Å². The molecule has 2 heteroatoms. The lowest BCUT2D eigenvalue weighted by molar-refractivity contribution is 0.708. The van der Waals surface area contributed by atoms with E-state index >= 15 is 0 Å². The summed E-state index contributed by atoms with van der Waals surface area (Å²) in [6, 6.07) is 15.0. The lowest BCUT2D eigenvalue weighted by Gasteiger charge is -2.04. The van der Waals surface area contributed by atoms with E-state index in [0.717, 1.165) is 18.7 Å². The van der Waals surface area contributed by atoms with Crippen LogP contribution in [0.3, 0.4) is 0 Å². The second kappa shape index (κ2) is 6.57. The van der Waals surface area contributed by atoms with Gasteiger partial charge in [-0.05, 0) is 29.2 Å². The average Bonchev–Trinajstić information content (AvgIpc) is 2.96. The molecule has 0 aliphatic rings. The van der Waals surface area contributed by atoms with Gasteiger partial charge < -0.3 is 4.98 Å². The van der Waals surface area contributed by atoms with Gasteiger partial charge in [0.15, 0.2) is 0 Å². The third kappa shape index (κ3) is 3.33. The average molecular weight is 278 g/mol. The number of aromatic nitrogens is 2. The van der Waals surface area contributed by atoms with Gasteiger partial charge in [0.2, 0.25) is 0 Å². The van der Waals surface area contributed by atoms with Crippen LogP contribution in [-0.4, -0.2) is 9.97 Å². The minimum Gasteiger partial charge on any atom is -0.348 e. The maximum Gasteiger partial charge on any atom is 0.110 e. The number of unbranched alkanes of at least 4 members (excludes halogenated alkanes) is 2. The molecule has 0 saturated heterocycles. The smallest absolute Gasteiger partial charge is 0.110 e. The zero-order valence-corrected chi connectivity index (χ0v) is 12.6. The molecule has 0 fully saturated rings. The fourth-order valence-corrected chi connectivity index (χ4v) is 2.81. The number of rotatable bonds is 6. The Kier molecular flexibility index (Phi) is 4.34. The first-order chi connectivity index (χ1) is 10.4. The Morgan fingerprint density at radius 2 is 1.86 bits per heavy atom. The van der Waals surface area contributed by atoms with Crippen molar-refractivity contribution in [2.24, 2.45) is 0 Å². The minimum absolute atomic E-state index is 0.870. The van der Waals surface area contributed by atoms with Crippen molar-refractivity contribution in [2.45, 2.75) is 39.0 Å². The van der Waals surface area contributed by atoms with Crippen LogP contribution in [0.4, 0.5) is 0 Å². The highest BCUT2D eigenvalue weighted by Crippen LogP contribution is 2.20. The van der Waals surface area contributed by atoms with Crippen molar-refractivity contribution in [3.05, 3.63) is 65.7 Å². The van der Waals surface area contributed by atoms with E-state index in [9.17, 15) is 0 Å². The van der Waals surface area contributed by atoms with E-state index in [0.29, 0.717) is 0 Å². The summed E-state index contributed by atoms with van der Waals surface area (Å²) in [6.45, 7) is 2.23. The second-order valence-electron chi connectivity index (χ2n) is 5.61. The molecule has 0 atom stereocenters. The van der Waals surface area contributed by atoms with Crippen molar-refractivity contribution in [3.63, 3.8) is 0 Å². The molecule has 3 rings (SSSR count). The molecule has 0 amide bonds. The molecule has 0 spiro atoms. The molecule has 0 aliphatic heterocycles. The standard InChI is InChI=1S/C19H22N2/c1-2-3-4-11-17-14-20-19(21-17)13-16-10-7-9-15-8-5-6-12-18(15)16/h5-10,12,14H,2-4,11,13H2,1H3,(H,20,21). The normalized spacial score (nSPS) is 11.1. The van der Waals surface area contributed by atoms with Gasteiger partial charge in [-0.2, -0.15) is 0 Å². The van der Waals surface area contributed by atoms with Crippen LogP contribution >= 0.6 is 0 Å². The Bertz CT molecular complexity index is 707. The number of aryl methyl sites for hydroxylation is 1. The first-order valence-corrected chi connectivity index (χ1v) is 7.86. The molecule has 21 heavy (non-hydrogen) atoms. The summed E-state index contributed by atoms with van der Waals surface area (Å²) in [4.78, 5) is 8.06. The van der Waals surface area contributed by atoms with Gasteiger partial charge in [0.25, 0.3) is 0 Å². The summed E-state index contributed by atoms with van der Waals surface area (Å²) in [7, 11) is 0. The quantitative estimate of drug-likeness (QED) is 0.639. The Balaban J connectivity index is 1.76. The Labute approximate surface area is 126 Å². The Hall–Kier alpha value is -2.09. The third-order valence-electron chi connectivity index (χ3n) is 3.96. The number of H-pyrrole nitrogens is 1. The summed E-state index contributed by atoms with van der Waals surface area (Å²) < 4.78 is 0. The molecule has 0 radical (unpaired) electrons. The SMILES string of the molecule is CCCCCc1c[nH]c(Cc2cccc3ccccc23)n1. The molecule has 0 saturated carbocycles. The number of nitrogens with one attached hydrogen (secondary N) is 1. The molecule has 0 aliphatic carbocycles. The van der Waals surface area contributed by atoms with Crippen molar-refractivity contribution in [2.75, 3.05) is 0 Å². The summed E-state index contributed by atoms with van der Waals surface area (Å²) >= 11 is 0. The highest BCUT2D eigenvalue weighted by Gasteiger charge is 2.05. The summed E-state index contributed by atoms with van der Waals surface area (Å²) in [5.41, 5.74) is 2.53. The zero-order valence-electron chi connectivity index (χ0n) is 12.6. The van der Waals surface area contributed by atoms with Gasteiger partial charge in [0.05, 0.1) is 5.69 Å². The van der Waals surface area contributed by atoms with Crippen molar-refractivity contribution < 1.29 is 0 Å². The monoisotopic (exact) mass is 278 g/mol. The van der Waals surface area contributed by atoms with Gasteiger partial charge in [-0.15, -0.1) is 0 Å². The molecule has 1 aromatic heterocycles. The molecular formula is C19H22N2. The summed E-state index contributed by atoms with van der Waals surface area (Å²) in [5.74, 6) is 1.07. The predicted molar refractivity (Wildman–Crippen MR) is 88.6 cm³/mol. The van der Waals surface area contributed by atoms with Crippen LogP contribution in [0, 0.1) is 0 Å². The maximum atomic E-state index is 4.73. The van der Waals surface area contributed by atoms with Crippen LogP contribution in [0.25, 0.3) is 10.8 Å². The lowest BCUT2D eigenvalue weighted by atomic mass is 10.0. The number of nitrogens with zero attached hydrogens (tertiary/aromatic N) is 1. The first-order valence-electron chi connectivity index (χ1n) is 7.86. The van der Waals surface area contributed by atoms with Crippen molar-refractivity contribution in [3.8, 4) is 0 Å². The van der Waals surface area contributed by atoms with Gasteiger partial charge >= 0.3 is 0 Å². The van der Waals surface area contributed by atoms with Crippen molar-refractivity contribution >= 4 is 10.8 Å². The highest BCUT2D eigenvalue weighted by atomic mass is 14.9. The van der Waals surface area contributed by atoms with E-state index in [1.54, 1.807) is 0 Å². The van der Waals surface area contributed by atoms with E-state index in [-0.39, 0.29) is 0 Å². The highest BCUT2D eigenvalue weighted by molar-refractivity contribution is 5.85. The van der Waals surface area contributed by atoms with Crippen LogP contribution < -0.4 is 0 Å². The van der Waals surface area contributed by atoms with Gasteiger partial charge in [-0.1, -0.05) is 62.2 Å². The number of benzene rings is 2. The molecule has 0 unspecified atom stereocenters. The van der Waals surface area contributed by atoms with E-state index in [4.69, 9.17) is 4.98 Å². The van der Waals surface area contributed by atoms with Crippen LogP contribution in [0.1, 0.15) is 43.3 Å². The van der Waals surface area contributed by atoms with Crippen LogP contribution in [-0.2, 0) is 12.8 Å². The Morgan fingerprint density at radius 3 is 2.76 bits per heavy atom. The van der Waals surface area contributed by atoms with E-state index < -0.39 is 0 Å². The van der Waals surface area contributed by atoms with E-state index in [2.05, 4.69) is 60.6 Å². The maximum absolute atomic E-state index is 4.73. The van der Waals surface area contributed by atoms with Crippen molar-refractivity contribution in [1.82, 2.24) is 9.97 Å². The molecule has 1 heterocycles. The van der Waals surface area contributed by atoms with Crippen molar-refractivity contribution in [1.29, 1.82) is 0 Å². The summed E-state index contributed by atoms with van der Waals surface area (Å²) in [6.07, 6.45) is 7.79. The molecular weight excluding hydrogens is 256 g/mol. The number of imidazole rings is 1.